The van der Waals surface area contributed by atoms with E-state index in [4.69, 9.17) is 0 Å². The zero-order chi connectivity index (χ0) is 12.5. The Kier molecular flexibility index (Phi) is 2.45. The Balaban J connectivity index is 2.22. The Morgan fingerprint density at radius 1 is 1.17 bits per heavy atom. The van der Waals surface area contributed by atoms with E-state index in [1.807, 2.05) is 34.9 Å². The molecule has 0 aliphatic heterocycles. The van der Waals surface area contributed by atoms with Crippen molar-refractivity contribution in [2.45, 2.75) is 6.92 Å². The molecule has 2 heterocycles. The molecule has 0 aliphatic rings. The summed E-state index contributed by atoms with van der Waals surface area (Å²) in [7, 11) is 0. The van der Waals surface area contributed by atoms with Crippen LogP contribution >= 0.6 is 0 Å². The quantitative estimate of drug-likeness (QED) is 0.641. The molecule has 18 heavy (non-hydrogen) atoms. The van der Waals surface area contributed by atoms with Crippen molar-refractivity contribution in [2.24, 2.45) is 0 Å². The van der Waals surface area contributed by atoms with Crippen molar-refractivity contribution in [3.05, 3.63) is 59.9 Å². The van der Waals surface area contributed by atoms with E-state index in [1.165, 1.54) is 5.56 Å². The normalized spacial score (nSPS) is 10.7. The van der Waals surface area contributed by atoms with Gasteiger partial charge in [-0.15, -0.1) is 0 Å². The molecule has 0 spiro atoms. The molecule has 0 N–H and O–H groups in total. The van der Waals surface area contributed by atoms with Crippen LogP contribution < -0.4 is 0 Å². The van der Waals surface area contributed by atoms with Crippen LogP contribution in [0.4, 0.5) is 0 Å². The van der Waals surface area contributed by atoms with E-state index in [9.17, 15) is 4.79 Å². The number of hydrogen-bond donors (Lipinski definition) is 0. The largest absolute Gasteiger partial charge is 0.296 e. The van der Waals surface area contributed by atoms with Crippen LogP contribution in [0.15, 0.2) is 48.7 Å². The summed E-state index contributed by atoms with van der Waals surface area (Å²) >= 11 is 0. The summed E-state index contributed by atoms with van der Waals surface area (Å²) in [6.45, 7) is 2.05. The van der Waals surface area contributed by atoms with Crippen LogP contribution in [-0.2, 0) is 0 Å². The molecule has 3 rings (SSSR count). The smallest absolute Gasteiger partial charge is 0.166 e. The van der Waals surface area contributed by atoms with E-state index in [2.05, 4.69) is 24.0 Å². The lowest BCUT2D eigenvalue weighted by Crippen LogP contribution is -1.91. The topological polar surface area (TPSA) is 34.4 Å². The van der Waals surface area contributed by atoms with Gasteiger partial charge in [0.25, 0.3) is 0 Å². The predicted molar refractivity (Wildman–Crippen MR) is 70.8 cm³/mol. The highest BCUT2D eigenvalue weighted by atomic mass is 16.1. The fourth-order valence-corrected chi connectivity index (χ4v) is 2.07. The van der Waals surface area contributed by atoms with E-state index in [0.29, 0.717) is 5.69 Å². The summed E-state index contributed by atoms with van der Waals surface area (Å²) < 4.78 is 1.81. The third kappa shape index (κ3) is 1.70. The minimum Gasteiger partial charge on any atom is -0.296 e. The van der Waals surface area contributed by atoms with Gasteiger partial charge in [0.05, 0.1) is 11.4 Å². The molecule has 0 saturated carbocycles. The van der Waals surface area contributed by atoms with Crippen molar-refractivity contribution in [1.82, 2.24) is 9.38 Å². The Morgan fingerprint density at radius 2 is 2.00 bits per heavy atom. The zero-order valence-corrected chi connectivity index (χ0v) is 10.00. The first kappa shape index (κ1) is 10.7. The van der Waals surface area contributed by atoms with Gasteiger partial charge in [-0.1, -0.05) is 29.8 Å². The molecule has 0 fully saturated rings. The van der Waals surface area contributed by atoms with Crippen molar-refractivity contribution in [3.63, 3.8) is 0 Å². The summed E-state index contributed by atoms with van der Waals surface area (Å²) in [5, 5.41) is 0. The lowest BCUT2D eigenvalue weighted by Gasteiger charge is -1.97. The molecule has 3 heteroatoms. The summed E-state index contributed by atoms with van der Waals surface area (Å²) in [6.07, 6.45) is 2.74. The number of fused-ring (bicyclic) bond motifs is 1. The summed E-state index contributed by atoms with van der Waals surface area (Å²) in [5.74, 6) is 0. The SMILES string of the molecule is Cc1cccc(-c2cn3c(C=O)cccc3n2)c1. The predicted octanol–water partition coefficient (Wildman–Crippen LogP) is 3.12. The van der Waals surface area contributed by atoms with Gasteiger partial charge in [0.1, 0.15) is 5.65 Å². The maximum atomic E-state index is 11.0. The Bertz CT molecular complexity index is 728. The summed E-state index contributed by atoms with van der Waals surface area (Å²) in [5.41, 5.74) is 4.54. The standard InChI is InChI=1S/C15H12N2O/c1-11-4-2-5-12(8-11)14-9-17-13(10-18)6-3-7-15(17)16-14/h2-10H,1H3. The number of rotatable bonds is 2. The number of carbonyl (C=O) groups is 1. The zero-order valence-electron chi connectivity index (χ0n) is 10.00. The molecule has 0 amide bonds. The van der Waals surface area contributed by atoms with Crippen molar-refractivity contribution in [1.29, 1.82) is 0 Å². The number of aromatic nitrogens is 2. The second-order valence-corrected chi connectivity index (χ2v) is 4.29. The number of benzene rings is 1. The van der Waals surface area contributed by atoms with Gasteiger partial charge in [-0.25, -0.2) is 4.98 Å². The van der Waals surface area contributed by atoms with Crippen LogP contribution in [0.25, 0.3) is 16.9 Å². The van der Waals surface area contributed by atoms with Gasteiger partial charge in [-0.05, 0) is 25.1 Å². The molecule has 0 atom stereocenters. The molecule has 0 saturated heterocycles. The van der Waals surface area contributed by atoms with Crippen LogP contribution in [0.3, 0.4) is 0 Å². The number of pyridine rings is 1. The lowest BCUT2D eigenvalue weighted by molar-refractivity contribution is 0.111. The maximum absolute atomic E-state index is 11.0. The van der Waals surface area contributed by atoms with E-state index in [0.717, 1.165) is 23.2 Å². The van der Waals surface area contributed by atoms with Crippen molar-refractivity contribution >= 4 is 11.9 Å². The Morgan fingerprint density at radius 3 is 2.78 bits per heavy atom. The lowest BCUT2D eigenvalue weighted by atomic mass is 10.1. The number of carbonyl (C=O) groups excluding carboxylic acids is 1. The van der Waals surface area contributed by atoms with Crippen LogP contribution in [0.1, 0.15) is 16.1 Å². The average molecular weight is 236 g/mol. The van der Waals surface area contributed by atoms with Gasteiger partial charge >= 0.3 is 0 Å². The summed E-state index contributed by atoms with van der Waals surface area (Å²) in [4.78, 5) is 15.5. The molecule has 88 valence electrons. The highest BCUT2D eigenvalue weighted by Gasteiger charge is 2.06. The van der Waals surface area contributed by atoms with Gasteiger partial charge in [0, 0.05) is 11.8 Å². The van der Waals surface area contributed by atoms with Gasteiger partial charge in [-0.3, -0.25) is 9.20 Å². The molecule has 1 aromatic carbocycles. The van der Waals surface area contributed by atoms with Gasteiger partial charge in [0.2, 0.25) is 0 Å². The average Bonchev–Trinajstić information content (AvgIpc) is 2.82. The fourth-order valence-electron chi connectivity index (χ4n) is 2.07. The fraction of sp³-hybridized carbons (Fsp3) is 0.0667. The van der Waals surface area contributed by atoms with Crippen LogP contribution in [0.5, 0.6) is 0 Å². The molecule has 0 radical (unpaired) electrons. The molecular weight excluding hydrogens is 224 g/mol. The number of hydrogen-bond acceptors (Lipinski definition) is 2. The highest BCUT2D eigenvalue weighted by Crippen LogP contribution is 2.20. The molecule has 0 unspecified atom stereocenters. The van der Waals surface area contributed by atoms with Crippen molar-refractivity contribution in [3.8, 4) is 11.3 Å². The molecule has 3 nitrogen and oxygen atoms in total. The van der Waals surface area contributed by atoms with E-state index < -0.39 is 0 Å². The molecule has 0 bridgehead atoms. The van der Waals surface area contributed by atoms with Crippen LogP contribution in [0.2, 0.25) is 0 Å². The highest BCUT2D eigenvalue weighted by molar-refractivity contribution is 5.75. The monoisotopic (exact) mass is 236 g/mol. The first-order chi connectivity index (χ1) is 8.78. The number of aryl methyl sites for hydroxylation is 1. The third-order valence-electron chi connectivity index (χ3n) is 2.96. The summed E-state index contributed by atoms with van der Waals surface area (Å²) in [6, 6.07) is 13.7. The minimum absolute atomic E-state index is 0.610. The number of nitrogens with zero attached hydrogens (tertiary/aromatic N) is 2. The molecule has 3 aromatic rings. The molecule has 2 aromatic heterocycles. The van der Waals surface area contributed by atoms with E-state index in [-0.39, 0.29) is 0 Å². The first-order valence-electron chi connectivity index (χ1n) is 5.78. The van der Waals surface area contributed by atoms with Crippen LogP contribution in [-0.4, -0.2) is 15.7 Å². The number of imidazole rings is 1. The Labute approximate surface area is 105 Å². The second-order valence-electron chi connectivity index (χ2n) is 4.29. The molecule has 0 aliphatic carbocycles. The minimum atomic E-state index is 0.610. The van der Waals surface area contributed by atoms with E-state index in [1.54, 1.807) is 6.07 Å². The molecular formula is C15H12N2O. The van der Waals surface area contributed by atoms with Gasteiger partial charge in [0.15, 0.2) is 6.29 Å². The van der Waals surface area contributed by atoms with Gasteiger partial charge < -0.3 is 0 Å². The van der Waals surface area contributed by atoms with Crippen molar-refractivity contribution < 1.29 is 4.79 Å². The third-order valence-corrected chi connectivity index (χ3v) is 2.96. The second kappa shape index (κ2) is 4.11. The number of aldehydes is 1. The van der Waals surface area contributed by atoms with E-state index >= 15 is 0 Å². The Hall–Kier alpha value is -2.42. The first-order valence-corrected chi connectivity index (χ1v) is 5.78. The van der Waals surface area contributed by atoms with Crippen LogP contribution in [0, 0.1) is 6.92 Å². The maximum Gasteiger partial charge on any atom is 0.166 e. The van der Waals surface area contributed by atoms with Crippen molar-refractivity contribution in [2.75, 3.05) is 0 Å². The van der Waals surface area contributed by atoms with Gasteiger partial charge in [-0.2, -0.15) is 0 Å².